The van der Waals surface area contributed by atoms with Crippen molar-refractivity contribution >= 4 is 11.3 Å². The Hall–Kier alpha value is -0.370. The smallest absolute Gasteiger partial charge is 0.0996 e. The third-order valence-corrected chi connectivity index (χ3v) is 2.11. The first kappa shape index (κ1) is 4.50. The van der Waals surface area contributed by atoms with E-state index in [1.54, 1.807) is 17.3 Å². The second kappa shape index (κ2) is 1.55. The van der Waals surface area contributed by atoms with Gasteiger partial charge in [0.2, 0.25) is 0 Å². The van der Waals surface area contributed by atoms with Crippen LogP contribution < -0.4 is 0 Å². The van der Waals surface area contributed by atoms with Crippen molar-refractivity contribution in [3.63, 3.8) is 0 Å². The molecule has 1 saturated carbocycles. The largest absolute Gasteiger partial charge is 0.249 e. The highest BCUT2D eigenvalue weighted by Gasteiger charge is 2.26. The minimum absolute atomic E-state index is 1.25. The average molecular weight is 124 g/mol. The summed E-state index contributed by atoms with van der Waals surface area (Å²) in [5.41, 5.74) is 0. The Morgan fingerprint density at radius 2 is 2.38 bits per heavy atom. The van der Waals surface area contributed by atoms with E-state index in [-0.39, 0.29) is 0 Å². The van der Waals surface area contributed by atoms with Gasteiger partial charge in [-0.1, -0.05) is 0 Å². The predicted octanol–water partition coefficient (Wildman–Crippen LogP) is 1.86. The fourth-order valence-corrected chi connectivity index (χ4v) is 1.42. The van der Waals surface area contributed by atoms with Crippen molar-refractivity contribution in [3.05, 3.63) is 22.5 Å². The van der Waals surface area contributed by atoms with Crippen LogP contribution in [0.15, 0.2) is 11.6 Å². The first-order valence-electron chi connectivity index (χ1n) is 2.71. The van der Waals surface area contributed by atoms with Crippen molar-refractivity contribution in [2.24, 2.45) is 0 Å². The van der Waals surface area contributed by atoms with Crippen LogP contribution in [0.3, 0.4) is 0 Å². The number of hydrogen-bond donors (Lipinski definition) is 0. The van der Waals surface area contributed by atoms with Crippen LogP contribution in [-0.2, 0) is 0 Å². The normalized spacial score (nSPS) is 19.0. The number of nitrogens with zero attached hydrogens (tertiary/aromatic N) is 1. The molecule has 8 heavy (non-hydrogen) atoms. The second-order valence-electron chi connectivity index (χ2n) is 1.94. The van der Waals surface area contributed by atoms with Gasteiger partial charge >= 0.3 is 0 Å². The lowest BCUT2D eigenvalue weighted by Crippen LogP contribution is -1.71. The van der Waals surface area contributed by atoms with Gasteiger partial charge in [0.1, 0.15) is 0 Å². The minimum atomic E-state index is 1.25. The van der Waals surface area contributed by atoms with Gasteiger partial charge in [-0.2, -0.15) is 0 Å². The summed E-state index contributed by atoms with van der Waals surface area (Å²) in [6.07, 6.45) is 4.44. The topological polar surface area (TPSA) is 12.9 Å². The van der Waals surface area contributed by atoms with Crippen molar-refractivity contribution in [2.75, 3.05) is 0 Å². The van der Waals surface area contributed by atoms with Crippen LogP contribution in [0.25, 0.3) is 0 Å². The molecule has 1 aliphatic rings. The van der Waals surface area contributed by atoms with E-state index in [0.717, 1.165) is 0 Å². The molecule has 1 radical (unpaired) electrons. The minimum Gasteiger partial charge on any atom is -0.249 e. The van der Waals surface area contributed by atoms with Crippen molar-refractivity contribution in [2.45, 2.75) is 12.8 Å². The van der Waals surface area contributed by atoms with Crippen LogP contribution in [0.1, 0.15) is 17.8 Å². The van der Waals surface area contributed by atoms with E-state index in [4.69, 9.17) is 0 Å². The van der Waals surface area contributed by atoms with Gasteiger partial charge in [0.25, 0.3) is 0 Å². The molecule has 1 aliphatic carbocycles. The highest BCUT2D eigenvalue weighted by Crippen LogP contribution is 2.39. The van der Waals surface area contributed by atoms with Gasteiger partial charge in [0.05, 0.1) is 5.01 Å². The summed E-state index contributed by atoms with van der Waals surface area (Å²) >= 11 is 1.75. The summed E-state index contributed by atoms with van der Waals surface area (Å²) in [6, 6.07) is 0. The van der Waals surface area contributed by atoms with Crippen molar-refractivity contribution < 1.29 is 0 Å². The maximum atomic E-state index is 4.16. The highest BCUT2D eigenvalue weighted by molar-refractivity contribution is 7.09. The van der Waals surface area contributed by atoms with Gasteiger partial charge in [-0.25, -0.2) is 4.98 Å². The summed E-state index contributed by atoms with van der Waals surface area (Å²) in [4.78, 5) is 4.16. The van der Waals surface area contributed by atoms with Crippen LogP contribution >= 0.6 is 11.3 Å². The summed E-state index contributed by atoms with van der Waals surface area (Å²) in [6.45, 7) is 0. The van der Waals surface area contributed by atoms with Gasteiger partial charge in [-0.05, 0) is 12.8 Å². The molecule has 1 aromatic rings. The molecular formula is C6H6NS. The Balaban J connectivity index is 2.28. The molecule has 0 N–H and O–H groups in total. The summed E-state index contributed by atoms with van der Waals surface area (Å²) in [7, 11) is 0. The van der Waals surface area contributed by atoms with Gasteiger partial charge in [0, 0.05) is 17.5 Å². The summed E-state index contributed by atoms with van der Waals surface area (Å²) < 4.78 is 0. The molecular weight excluding hydrogens is 118 g/mol. The fraction of sp³-hybridized carbons (Fsp3) is 0.333. The Morgan fingerprint density at radius 3 is 2.88 bits per heavy atom. The molecule has 0 saturated heterocycles. The van der Waals surface area contributed by atoms with E-state index >= 15 is 0 Å². The van der Waals surface area contributed by atoms with E-state index < -0.39 is 0 Å². The van der Waals surface area contributed by atoms with Crippen LogP contribution in [0.4, 0.5) is 0 Å². The van der Waals surface area contributed by atoms with Gasteiger partial charge < -0.3 is 0 Å². The van der Waals surface area contributed by atoms with Crippen LogP contribution in [0.5, 0.6) is 0 Å². The van der Waals surface area contributed by atoms with E-state index in [1.807, 2.05) is 11.6 Å². The highest BCUT2D eigenvalue weighted by atomic mass is 32.1. The molecule has 41 valence electrons. The molecule has 0 spiro atoms. The maximum Gasteiger partial charge on any atom is 0.0996 e. The zero-order valence-electron chi connectivity index (χ0n) is 4.42. The summed E-state index contributed by atoms with van der Waals surface area (Å²) in [5, 5.41) is 3.28. The SMILES string of the molecule is c1csc([C]2CC2)n1. The number of aromatic nitrogens is 1. The first-order valence-corrected chi connectivity index (χ1v) is 3.59. The molecule has 0 aromatic carbocycles. The van der Waals surface area contributed by atoms with Crippen LogP contribution in [0, 0.1) is 5.92 Å². The molecule has 0 unspecified atom stereocenters. The van der Waals surface area contributed by atoms with Crippen molar-refractivity contribution in [1.82, 2.24) is 4.98 Å². The van der Waals surface area contributed by atoms with Crippen LogP contribution in [-0.4, -0.2) is 4.98 Å². The van der Waals surface area contributed by atoms with Gasteiger partial charge in [-0.15, -0.1) is 11.3 Å². The lowest BCUT2D eigenvalue weighted by atomic mass is 10.5. The van der Waals surface area contributed by atoms with E-state index in [2.05, 4.69) is 4.98 Å². The Kier molecular flexibility index (Phi) is 0.875. The molecule has 0 atom stereocenters. The molecule has 1 fully saturated rings. The molecule has 1 heterocycles. The quantitative estimate of drug-likeness (QED) is 0.557. The Morgan fingerprint density at radius 1 is 1.50 bits per heavy atom. The molecule has 0 aliphatic heterocycles. The second-order valence-corrected chi connectivity index (χ2v) is 2.84. The lowest BCUT2D eigenvalue weighted by molar-refractivity contribution is 1.28. The molecule has 0 amide bonds. The van der Waals surface area contributed by atoms with Crippen LogP contribution in [0.2, 0.25) is 0 Å². The number of hydrogen-bond acceptors (Lipinski definition) is 2. The zero-order valence-corrected chi connectivity index (χ0v) is 5.24. The molecule has 2 heteroatoms. The maximum absolute atomic E-state index is 4.16. The van der Waals surface area contributed by atoms with E-state index in [0.29, 0.717) is 0 Å². The van der Waals surface area contributed by atoms with Crippen molar-refractivity contribution in [3.8, 4) is 0 Å². The first-order chi connectivity index (χ1) is 3.97. The molecule has 2 rings (SSSR count). The zero-order chi connectivity index (χ0) is 5.40. The van der Waals surface area contributed by atoms with Gasteiger partial charge in [0.15, 0.2) is 0 Å². The fourth-order valence-electron chi connectivity index (χ4n) is 0.674. The average Bonchev–Trinajstić information content (AvgIpc) is 2.49. The van der Waals surface area contributed by atoms with E-state index in [1.165, 1.54) is 17.8 Å². The molecule has 1 aromatic heterocycles. The standard InChI is InChI=1S/C6H6NS/c1-2-5(1)6-7-3-4-8-6/h3-4H,1-2H2. The number of rotatable bonds is 1. The van der Waals surface area contributed by atoms with Crippen molar-refractivity contribution in [1.29, 1.82) is 0 Å². The predicted molar refractivity (Wildman–Crippen MR) is 33.7 cm³/mol. The lowest BCUT2D eigenvalue weighted by Gasteiger charge is -1.79. The third-order valence-electron chi connectivity index (χ3n) is 1.23. The van der Waals surface area contributed by atoms with E-state index in [9.17, 15) is 0 Å². The Labute approximate surface area is 52.4 Å². The molecule has 0 bridgehead atoms. The van der Waals surface area contributed by atoms with Gasteiger partial charge in [-0.3, -0.25) is 0 Å². The summed E-state index contributed by atoms with van der Waals surface area (Å²) in [5.74, 6) is 1.54. The number of thiazole rings is 1. The Bertz CT molecular complexity index is 165. The molecule has 1 nitrogen and oxygen atoms in total. The monoisotopic (exact) mass is 124 g/mol. The third kappa shape index (κ3) is 0.650.